The number of fused-ring (bicyclic) bond motifs is 1. The summed E-state index contributed by atoms with van der Waals surface area (Å²) in [6, 6.07) is 6.63. The Morgan fingerprint density at radius 2 is 1.91 bits per heavy atom. The fourth-order valence-corrected chi connectivity index (χ4v) is 4.91. The van der Waals surface area contributed by atoms with E-state index in [0.717, 1.165) is 11.1 Å². The predicted molar refractivity (Wildman–Crippen MR) is 131 cm³/mol. The van der Waals surface area contributed by atoms with Crippen molar-refractivity contribution in [2.75, 3.05) is 17.7 Å². The van der Waals surface area contributed by atoms with E-state index in [-0.39, 0.29) is 11.0 Å². The second kappa shape index (κ2) is 8.82. The van der Waals surface area contributed by atoms with Crippen molar-refractivity contribution in [3.8, 4) is 16.5 Å². The van der Waals surface area contributed by atoms with Gasteiger partial charge in [-0.25, -0.2) is 27.9 Å². The van der Waals surface area contributed by atoms with Crippen LogP contribution in [0, 0.1) is 0 Å². The summed E-state index contributed by atoms with van der Waals surface area (Å²) in [5.41, 5.74) is 2.54. The first kappa shape index (κ1) is 22.5. The molecule has 0 bridgehead atoms. The first-order chi connectivity index (χ1) is 16.3. The molecule has 4 heterocycles. The molecule has 174 valence electrons. The molecule has 34 heavy (non-hydrogen) atoms. The Labute approximate surface area is 204 Å². The third-order valence-corrected chi connectivity index (χ3v) is 7.32. The Morgan fingerprint density at radius 3 is 2.53 bits per heavy atom. The van der Waals surface area contributed by atoms with Crippen molar-refractivity contribution in [2.45, 2.75) is 17.9 Å². The lowest BCUT2D eigenvalue weighted by atomic mass is 10.1. The lowest BCUT2D eigenvalue weighted by Crippen LogP contribution is -2.24. The Morgan fingerprint density at radius 1 is 1.18 bits per heavy atom. The average Bonchev–Trinajstić information content (AvgIpc) is 3.38. The third kappa shape index (κ3) is 4.67. The molecular formula is C22H19ClN6O3S2. The van der Waals surface area contributed by atoms with Crippen molar-refractivity contribution in [3.05, 3.63) is 71.8 Å². The van der Waals surface area contributed by atoms with Crippen molar-refractivity contribution in [1.82, 2.24) is 24.6 Å². The summed E-state index contributed by atoms with van der Waals surface area (Å²) in [7, 11) is -3.24. The van der Waals surface area contributed by atoms with Crippen LogP contribution in [0.4, 0.5) is 5.95 Å². The van der Waals surface area contributed by atoms with Crippen molar-refractivity contribution in [3.63, 3.8) is 0 Å². The number of hydrogen-bond donors (Lipinski definition) is 0. The minimum absolute atomic E-state index is 0.205. The molecule has 0 saturated carbocycles. The van der Waals surface area contributed by atoms with E-state index >= 15 is 0 Å². The molecule has 0 aliphatic carbocycles. The summed E-state index contributed by atoms with van der Waals surface area (Å²) < 4.78 is 31.0. The zero-order chi connectivity index (χ0) is 23.9. The van der Waals surface area contributed by atoms with E-state index in [1.807, 2.05) is 24.1 Å². The number of benzene rings is 1. The molecule has 0 unspecified atom stereocenters. The summed E-state index contributed by atoms with van der Waals surface area (Å²) in [5.74, 6) is 0.576. The number of anilines is 1. The van der Waals surface area contributed by atoms with Crippen LogP contribution < -0.4 is 9.64 Å². The molecule has 0 fully saturated rings. The number of rotatable bonds is 6. The number of nitrogens with zero attached hydrogens (tertiary/aromatic N) is 6. The van der Waals surface area contributed by atoms with Crippen LogP contribution >= 0.6 is 22.9 Å². The van der Waals surface area contributed by atoms with E-state index in [4.69, 9.17) is 16.3 Å². The van der Waals surface area contributed by atoms with Gasteiger partial charge >= 0.3 is 0 Å². The van der Waals surface area contributed by atoms with Crippen molar-refractivity contribution in [1.29, 1.82) is 0 Å². The monoisotopic (exact) mass is 514 g/mol. The standard InChI is InChI=1S/C22H19ClN6O3S2/c1-14(15-7-9-28(10-8-15)20-24-11-17(23)12-25-20)32-22-27-29-13-19(26-21(29)33-22)16-3-5-18(6-4-16)34(2,30)31/h3-9,11-14H,10H2,1-2H3/t14-/m0/s1. The van der Waals surface area contributed by atoms with Crippen molar-refractivity contribution < 1.29 is 13.2 Å². The molecule has 5 rings (SSSR count). The van der Waals surface area contributed by atoms with Gasteiger partial charge in [-0.2, -0.15) is 0 Å². The van der Waals surface area contributed by atoms with Gasteiger partial charge in [0.2, 0.25) is 10.9 Å². The highest BCUT2D eigenvalue weighted by atomic mass is 35.5. The summed E-state index contributed by atoms with van der Waals surface area (Å²) in [5, 5.41) is 5.48. The minimum Gasteiger partial charge on any atom is -0.461 e. The molecular weight excluding hydrogens is 496 g/mol. The second-order valence-electron chi connectivity index (χ2n) is 7.65. The van der Waals surface area contributed by atoms with Gasteiger partial charge in [0.1, 0.15) is 6.10 Å². The quantitative estimate of drug-likeness (QED) is 0.380. The van der Waals surface area contributed by atoms with Crippen LogP contribution in [0.3, 0.4) is 0 Å². The van der Waals surface area contributed by atoms with Crippen LogP contribution in [0.5, 0.6) is 5.19 Å². The SMILES string of the molecule is C[C@H](Oc1nn2cc(-c3ccc(S(C)(=O)=O)cc3)nc2s1)C1=CCN(c2ncc(Cl)cn2)C=C1. The van der Waals surface area contributed by atoms with Gasteiger partial charge in [0.15, 0.2) is 9.84 Å². The van der Waals surface area contributed by atoms with Crippen molar-refractivity contribution in [2.24, 2.45) is 0 Å². The molecule has 12 heteroatoms. The summed E-state index contributed by atoms with van der Waals surface area (Å²) >= 11 is 7.19. The molecule has 0 radical (unpaired) electrons. The number of sulfone groups is 1. The first-order valence-electron chi connectivity index (χ1n) is 10.2. The van der Waals surface area contributed by atoms with Crippen LogP contribution in [0.25, 0.3) is 16.2 Å². The normalized spacial score (nSPS) is 14.9. The fraction of sp³-hybridized carbons (Fsp3) is 0.182. The Kier molecular flexibility index (Phi) is 5.84. The van der Waals surface area contributed by atoms with Gasteiger partial charge in [-0.15, -0.1) is 5.10 Å². The van der Waals surface area contributed by atoms with Crippen LogP contribution in [0.2, 0.25) is 5.02 Å². The molecule has 0 amide bonds. The van der Waals surface area contributed by atoms with Gasteiger partial charge in [0.25, 0.3) is 5.19 Å². The number of hydrogen-bond acceptors (Lipinski definition) is 9. The highest BCUT2D eigenvalue weighted by Crippen LogP contribution is 2.28. The van der Waals surface area contributed by atoms with Gasteiger partial charge < -0.3 is 9.64 Å². The van der Waals surface area contributed by atoms with E-state index < -0.39 is 9.84 Å². The first-order valence-corrected chi connectivity index (χ1v) is 13.3. The van der Waals surface area contributed by atoms with Gasteiger partial charge in [-0.1, -0.05) is 29.8 Å². The number of imidazole rings is 1. The summed E-state index contributed by atoms with van der Waals surface area (Å²) in [4.78, 5) is 15.9. The molecule has 0 N–H and O–H groups in total. The average molecular weight is 515 g/mol. The Hall–Kier alpha value is -3.28. The van der Waals surface area contributed by atoms with Crippen LogP contribution in [0.15, 0.2) is 71.7 Å². The Bertz CT molecular complexity index is 1480. The molecule has 1 aromatic carbocycles. The summed E-state index contributed by atoms with van der Waals surface area (Å²) in [6.07, 6.45) is 11.8. The lowest BCUT2D eigenvalue weighted by Gasteiger charge is -2.22. The van der Waals surface area contributed by atoms with Gasteiger partial charge in [-0.05, 0) is 42.0 Å². The van der Waals surface area contributed by atoms with Crippen molar-refractivity contribution >= 4 is 43.7 Å². The zero-order valence-electron chi connectivity index (χ0n) is 18.2. The maximum absolute atomic E-state index is 11.6. The maximum Gasteiger partial charge on any atom is 0.294 e. The maximum atomic E-state index is 11.6. The number of ether oxygens (including phenoxy) is 1. The Balaban J connectivity index is 1.25. The molecule has 1 aliphatic rings. The molecule has 1 atom stereocenters. The molecule has 4 aromatic rings. The molecule has 9 nitrogen and oxygen atoms in total. The molecule has 0 saturated heterocycles. The minimum atomic E-state index is -3.24. The zero-order valence-corrected chi connectivity index (χ0v) is 20.5. The third-order valence-electron chi connectivity index (χ3n) is 5.18. The largest absolute Gasteiger partial charge is 0.461 e. The number of halogens is 1. The van der Waals surface area contributed by atoms with Crippen LogP contribution in [-0.2, 0) is 9.84 Å². The summed E-state index contributed by atoms with van der Waals surface area (Å²) in [6.45, 7) is 2.58. The van der Waals surface area contributed by atoms with E-state index in [0.29, 0.717) is 33.4 Å². The molecule has 1 aliphatic heterocycles. The molecule has 0 spiro atoms. The topological polar surface area (TPSA) is 103 Å². The van der Waals surface area contributed by atoms with Gasteiger partial charge in [-0.3, -0.25) is 0 Å². The lowest BCUT2D eigenvalue weighted by molar-refractivity contribution is 0.256. The predicted octanol–water partition coefficient (Wildman–Crippen LogP) is 4.03. The number of aromatic nitrogens is 5. The van der Waals surface area contributed by atoms with Crippen LogP contribution in [-0.4, -0.2) is 51.9 Å². The van der Waals surface area contributed by atoms with Gasteiger partial charge in [0, 0.05) is 24.6 Å². The highest BCUT2D eigenvalue weighted by molar-refractivity contribution is 7.90. The van der Waals surface area contributed by atoms with E-state index in [1.54, 1.807) is 47.4 Å². The van der Waals surface area contributed by atoms with E-state index in [1.165, 1.54) is 17.6 Å². The fourth-order valence-electron chi connectivity index (χ4n) is 3.37. The van der Waals surface area contributed by atoms with Gasteiger partial charge in [0.05, 0.1) is 34.2 Å². The smallest absolute Gasteiger partial charge is 0.294 e. The highest BCUT2D eigenvalue weighted by Gasteiger charge is 2.18. The van der Waals surface area contributed by atoms with E-state index in [9.17, 15) is 8.42 Å². The molecule has 3 aromatic heterocycles. The van der Waals surface area contributed by atoms with E-state index in [2.05, 4.69) is 26.1 Å². The second-order valence-corrected chi connectivity index (χ2v) is 11.0. The van der Waals surface area contributed by atoms with Crippen LogP contribution in [0.1, 0.15) is 6.92 Å².